The van der Waals surface area contributed by atoms with Crippen molar-refractivity contribution in [3.63, 3.8) is 0 Å². The Labute approximate surface area is 133 Å². The normalized spacial score (nSPS) is 10.3. The molecule has 0 aliphatic rings. The van der Waals surface area contributed by atoms with Crippen LogP contribution in [0.5, 0.6) is 11.8 Å². The van der Waals surface area contributed by atoms with E-state index < -0.39 is 0 Å². The second-order valence-corrected chi connectivity index (χ2v) is 4.78. The number of benzene rings is 1. The molecule has 2 aromatic rings. The maximum absolute atomic E-state index is 12.8. The molecule has 1 aromatic heterocycles. The number of hydrogen-bond acceptors (Lipinski definition) is 5. The van der Waals surface area contributed by atoms with Crippen molar-refractivity contribution >= 4 is 11.6 Å². The number of nitrogens with one attached hydrogen (secondary N) is 1. The van der Waals surface area contributed by atoms with Crippen molar-refractivity contribution in [2.24, 2.45) is 0 Å². The largest absolute Gasteiger partial charge is 0.484 e. The summed E-state index contributed by atoms with van der Waals surface area (Å²) >= 11 is 0. The molecule has 6 nitrogen and oxygen atoms in total. The fraction of sp³-hybridized carbons (Fsp3) is 0.312. The first-order chi connectivity index (χ1) is 11.0. The summed E-state index contributed by atoms with van der Waals surface area (Å²) in [5, 5.41) is 2.71. The molecule has 0 radical (unpaired) electrons. The molecule has 0 saturated carbocycles. The zero-order valence-electron chi connectivity index (χ0n) is 13.2. The Morgan fingerprint density at radius 3 is 2.30 bits per heavy atom. The summed E-state index contributed by atoms with van der Waals surface area (Å²) in [7, 11) is 0. The fourth-order valence-corrected chi connectivity index (χ4v) is 1.92. The van der Waals surface area contributed by atoms with Crippen LogP contribution in [-0.4, -0.2) is 29.1 Å². The smallest absolute Gasteiger partial charge is 0.316 e. The highest BCUT2D eigenvalue weighted by atomic mass is 19.1. The van der Waals surface area contributed by atoms with Gasteiger partial charge in [-0.25, -0.2) is 4.39 Å². The van der Waals surface area contributed by atoms with Crippen molar-refractivity contribution in [3.8, 4) is 11.8 Å². The van der Waals surface area contributed by atoms with Crippen molar-refractivity contribution in [3.05, 3.63) is 41.5 Å². The molecule has 0 fully saturated rings. The van der Waals surface area contributed by atoms with Gasteiger partial charge in [-0.05, 0) is 45.0 Å². The topological polar surface area (TPSA) is 73.3 Å². The number of halogens is 1. The van der Waals surface area contributed by atoms with E-state index in [0.29, 0.717) is 29.4 Å². The third kappa shape index (κ3) is 4.64. The van der Waals surface area contributed by atoms with Gasteiger partial charge in [0.2, 0.25) is 0 Å². The quantitative estimate of drug-likeness (QED) is 0.886. The Bertz CT molecular complexity index is 666. The Hall–Kier alpha value is -2.70. The summed E-state index contributed by atoms with van der Waals surface area (Å²) in [4.78, 5) is 20.3. The van der Waals surface area contributed by atoms with Gasteiger partial charge in [-0.3, -0.25) is 4.79 Å². The number of carbonyl (C=O) groups is 1. The van der Waals surface area contributed by atoms with E-state index in [1.54, 1.807) is 13.8 Å². The van der Waals surface area contributed by atoms with Gasteiger partial charge in [0.05, 0.1) is 23.7 Å². The van der Waals surface area contributed by atoms with E-state index in [1.807, 2.05) is 6.92 Å². The lowest BCUT2D eigenvalue weighted by Gasteiger charge is -2.12. The van der Waals surface area contributed by atoms with Gasteiger partial charge in [0.1, 0.15) is 11.6 Å². The Balaban J connectivity index is 1.98. The second-order valence-electron chi connectivity index (χ2n) is 4.78. The molecule has 0 aliphatic heterocycles. The Morgan fingerprint density at radius 1 is 1.13 bits per heavy atom. The monoisotopic (exact) mass is 319 g/mol. The second kappa shape index (κ2) is 7.53. The average molecular weight is 319 g/mol. The van der Waals surface area contributed by atoms with Crippen LogP contribution < -0.4 is 14.8 Å². The molecule has 1 N–H and O–H groups in total. The summed E-state index contributed by atoms with van der Waals surface area (Å²) in [5.74, 6) is -0.300. The molecule has 7 heteroatoms. The van der Waals surface area contributed by atoms with Crippen LogP contribution in [-0.2, 0) is 4.79 Å². The van der Waals surface area contributed by atoms with Gasteiger partial charge in [0.25, 0.3) is 5.91 Å². The lowest BCUT2D eigenvalue weighted by Crippen LogP contribution is -2.22. The van der Waals surface area contributed by atoms with Crippen LogP contribution in [0.2, 0.25) is 0 Å². The molecule has 0 unspecified atom stereocenters. The molecule has 23 heavy (non-hydrogen) atoms. The first kappa shape index (κ1) is 16.7. The molecular weight excluding hydrogens is 301 g/mol. The summed E-state index contributed by atoms with van der Waals surface area (Å²) in [6.45, 7) is 5.63. The van der Waals surface area contributed by atoms with Gasteiger partial charge in [-0.2, -0.15) is 9.97 Å². The standard InChI is InChI=1S/C16H18FN3O3/c1-4-22-16-18-10(2)15(11(3)19-16)20-14(21)9-23-13-7-5-12(17)6-8-13/h5-8H,4,9H2,1-3H3,(H,20,21). The molecule has 2 rings (SSSR count). The predicted molar refractivity (Wildman–Crippen MR) is 83.2 cm³/mol. The van der Waals surface area contributed by atoms with E-state index in [-0.39, 0.29) is 24.3 Å². The molecule has 0 aliphatic carbocycles. The molecule has 0 bridgehead atoms. The van der Waals surface area contributed by atoms with Crippen molar-refractivity contribution in [2.45, 2.75) is 20.8 Å². The third-order valence-corrected chi connectivity index (χ3v) is 2.97. The summed E-state index contributed by atoms with van der Waals surface area (Å²) in [6.07, 6.45) is 0. The molecule has 1 aromatic carbocycles. The number of aromatic nitrogens is 2. The van der Waals surface area contributed by atoms with E-state index in [4.69, 9.17) is 9.47 Å². The highest BCUT2D eigenvalue weighted by Gasteiger charge is 2.12. The minimum atomic E-state index is -0.361. The van der Waals surface area contributed by atoms with Crippen LogP contribution in [0.1, 0.15) is 18.3 Å². The number of amides is 1. The first-order valence-electron chi connectivity index (χ1n) is 7.16. The fourth-order valence-electron chi connectivity index (χ4n) is 1.92. The van der Waals surface area contributed by atoms with Gasteiger partial charge < -0.3 is 14.8 Å². The van der Waals surface area contributed by atoms with E-state index in [2.05, 4.69) is 15.3 Å². The number of hydrogen-bond donors (Lipinski definition) is 1. The zero-order chi connectivity index (χ0) is 16.8. The molecule has 122 valence electrons. The molecule has 0 spiro atoms. The number of carbonyl (C=O) groups excluding carboxylic acids is 1. The van der Waals surface area contributed by atoms with E-state index in [1.165, 1.54) is 24.3 Å². The minimum absolute atomic E-state index is 0.197. The van der Waals surface area contributed by atoms with Crippen LogP contribution in [0, 0.1) is 19.7 Å². The van der Waals surface area contributed by atoms with Crippen LogP contribution in [0.25, 0.3) is 0 Å². The minimum Gasteiger partial charge on any atom is -0.484 e. The molecule has 0 atom stereocenters. The van der Waals surface area contributed by atoms with Gasteiger partial charge in [0, 0.05) is 0 Å². The molecule has 0 saturated heterocycles. The van der Waals surface area contributed by atoms with E-state index in [0.717, 1.165) is 0 Å². The number of ether oxygens (including phenoxy) is 2. The average Bonchev–Trinajstić information content (AvgIpc) is 2.51. The number of rotatable bonds is 6. The summed E-state index contributed by atoms with van der Waals surface area (Å²) in [6, 6.07) is 5.73. The van der Waals surface area contributed by atoms with Crippen molar-refractivity contribution in [1.29, 1.82) is 0 Å². The molecule has 1 amide bonds. The summed E-state index contributed by atoms with van der Waals surface area (Å²) in [5.41, 5.74) is 1.74. The van der Waals surface area contributed by atoms with Crippen LogP contribution in [0.3, 0.4) is 0 Å². The van der Waals surface area contributed by atoms with Gasteiger partial charge >= 0.3 is 6.01 Å². The summed E-state index contributed by atoms with van der Waals surface area (Å²) < 4.78 is 23.3. The van der Waals surface area contributed by atoms with Crippen molar-refractivity contribution in [1.82, 2.24) is 9.97 Å². The van der Waals surface area contributed by atoms with Gasteiger partial charge in [-0.15, -0.1) is 0 Å². The lowest BCUT2D eigenvalue weighted by atomic mass is 10.3. The van der Waals surface area contributed by atoms with E-state index >= 15 is 0 Å². The lowest BCUT2D eigenvalue weighted by molar-refractivity contribution is -0.118. The van der Waals surface area contributed by atoms with Gasteiger partial charge in [0.15, 0.2) is 6.61 Å². The first-order valence-corrected chi connectivity index (χ1v) is 7.16. The Kier molecular flexibility index (Phi) is 5.46. The SMILES string of the molecule is CCOc1nc(C)c(NC(=O)COc2ccc(F)cc2)c(C)n1. The third-order valence-electron chi connectivity index (χ3n) is 2.97. The number of anilines is 1. The van der Waals surface area contributed by atoms with Crippen LogP contribution >= 0.6 is 0 Å². The van der Waals surface area contributed by atoms with Gasteiger partial charge in [-0.1, -0.05) is 0 Å². The van der Waals surface area contributed by atoms with E-state index in [9.17, 15) is 9.18 Å². The zero-order valence-corrected chi connectivity index (χ0v) is 13.2. The van der Waals surface area contributed by atoms with Crippen molar-refractivity contribution < 1.29 is 18.7 Å². The molecular formula is C16H18FN3O3. The highest BCUT2D eigenvalue weighted by molar-refractivity contribution is 5.92. The van der Waals surface area contributed by atoms with Crippen LogP contribution in [0.4, 0.5) is 10.1 Å². The predicted octanol–water partition coefficient (Wildman–Crippen LogP) is 2.65. The maximum Gasteiger partial charge on any atom is 0.316 e. The molecule has 1 heterocycles. The Morgan fingerprint density at radius 2 is 1.74 bits per heavy atom. The van der Waals surface area contributed by atoms with Crippen LogP contribution in [0.15, 0.2) is 24.3 Å². The highest BCUT2D eigenvalue weighted by Crippen LogP contribution is 2.19. The maximum atomic E-state index is 12.8. The van der Waals surface area contributed by atoms with Crippen molar-refractivity contribution in [2.75, 3.05) is 18.5 Å². The number of nitrogens with zero attached hydrogens (tertiary/aromatic N) is 2. The number of aryl methyl sites for hydroxylation is 2.